The lowest BCUT2D eigenvalue weighted by molar-refractivity contribution is -0.120. The molecule has 1 heterocycles. The lowest BCUT2D eigenvalue weighted by Gasteiger charge is -2.10. The molecular formula is C8H15N5O. The Labute approximate surface area is 82.5 Å². The van der Waals surface area contributed by atoms with E-state index in [1.54, 1.807) is 0 Å². The Bertz CT molecular complexity index is 271. The van der Waals surface area contributed by atoms with Gasteiger partial charge in [-0.25, -0.2) is 4.98 Å². The molecule has 6 nitrogen and oxygen atoms in total. The third-order valence-electron chi connectivity index (χ3n) is 1.76. The summed E-state index contributed by atoms with van der Waals surface area (Å²) >= 11 is 0. The average Bonchev–Trinajstić information content (AvgIpc) is 2.67. The molecule has 0 fully saturated rings. The first-order valence-corrected chi connectivity index (χ1v) is 4.59. The molecule has 1 unspecified atom stereocenters. The number of amides is 1. The lowest BCUT2D eigenvalue weighted by atomic mass is 10.3. The van der Waals surface area contributed by atoms with Crippen molar-refractivity contribution in [2.75, 3.05) is 13.1 Å². The normalized spacial score (nSPS) is 12.4. The van der Waals surface area contributed by atoms with Gasteiger partial charge in [0.25, 0.3) is 0 Å². The van der Waals surface area contributed by atoms with Gasteiger partial charge in [0.2, 0.25) is 5.91 Å². The molecule has 1 aromatic rings. The van der Waals surface area contributed by atoms with Crippen LogP contribution in [0.4, 0.5) is 0 Å². The summed E-state index contributed by atoms with van der Waals surface area (Å²) in [5.74, 6) is 0.616. The maximum Gasteiger partial charge on any atom is 0.234 e. The highest BCUT2D eigenvalue weighted by atomic mass is 16.1. The fraction of sp³-hybridized carbons (Fsp3) is 0.625. The third kappa shape index (κ3) is 3.14. The Kier molecular flexibility index (Phi) is 4.06. The molecule has 78 valence electrons. The van der Waals surface area contributed by atoms with E-state index in [-0.39, 0.29) is 11.9 Å². The zero-order chi connectivity index (χ0) is 10.4. The smallest absolute Gasteiger partial charge is 0.234 e. The number of carbonyl (C=O) groups excluding carboxylic acids is 1. The summed E-state index contributed by atoms with van der Waals surface area (Å²) in [5.41, 5.74) is 0. The van der Waals surface area contributed by atoms with Gasteiger partial charge in [0.1, 0.15) is 12.2 Å². The van der Waals surface area contributed by atoms with E-state index in [4.69, 9.17) is 0 Å². The minimum absolute atomic E-state index is 0.0456. The number of nitrogens with one attached hydrogen (secondary N) is 3. The highest BCUT2D eigenvalue weighted by molar-refractivity contribution is 5.78. The van der Waals surface area contributed by atoms with E-state index in [1.807, 2.05) is 13.8 Å². The van der Waals surface area contributed by atoms with Crippen LogP contribution in [0, 0.1) is 0 Å². The number of hydrogen-bond acceptors (Lipinski definition) is 4. The van der Waals surface area contributed by atoms with Crippen molar-refractivity contribution in [2.24, 2.45) is 0 Å². The van der Waals surface area contributed by atoms with Crippen molar-refractivity contribution in [3.63, 3.8) is 0 Å². The second kappa shape index (κ2) is 5.33. The zero-order valence-electron chi connectivity index (χ0n) is 8.37. The van der Waals surface area contributed by atoms with E-state index >= 15 is 0 Å². The van der Waals surface area contributed by atoms with Crippen LogP contribution in [0.15, 0.2) is 6.33 Å². The Morgan fingerprint density at radius 2 is 2.50 bits per heavy atom. The van der Waals surface area contributed by atoms with Crippen LogP contribution in [0.5, 0.6) is 0 Å². The van der Waals surface area contributed by atoms with Crippen LogP contribution in [0.1, 0.15) is 25.7 Å². The predicted octanol–water partition coefficient (Wildman–Crippen LogP) is -0.409. The Morgan fingerprint density at radius 1 is 1.71 bits per heavy atom. The van der Waals surface area contributed by atoms with Crippen molar-refractivity contribution < 1.29 is 4.79 Å². The monoisotopic (exact) mass is 197 g/mol. The number of carbonyl (C=O) groups is 1. The van der Waals surface area contributed by atoms with Crippen LogP contribution in [-0.2, 0) is 4.79 Å². The van der Waals surface area contributed by atoms with E-state index in [0.29, 0.717) is 12.4 Å². The van der Waals surface area contributed by atoms with Gasteiger partial charge >= 0.3 is 0 Å². The molecule has 1 aromatic heterocycles. The molecule has 0 aromatic carbocycles. The standard InChI is InChI=1S/C8H15N5O/c1-3-9-4-7(14)12-6(2)8-10-5-11-13-8/h5-6,9H,3-4H2,1-2H3,(H,12,14)(H,10,11,13). The molecule has 14 heavy (non-hydrogen) atoms. The summed E-state index contributed by atoms with van der Waals surface area (Å²) in [4.78, 5) is 15.2. The van der Waals surface area contributed by atoms with Gasteiger partial charge in [-0.2, -0.15) is 5.10 Å². The first kappa shape index (κ1) is 10.6. The molecule has 1 rings (SSSR count). The predicted molar refractivity (Wildman–Crippen MR) is 51.5 cm³/mol. The molecule has 0 aliphatic carbocycles. The number of rotatable bonds is 5. The van der Waals surface area contributed by atoms with Gasteiger partial charge in [0.15, 0.2) is 0 Å². The van der Waals surface area contributed by atoms with Crippen LogP contribution < -0.4 is 10.6 Å². The quantitative estimate of drug-likeness (QED) is 0.599. The van der Waals surface area contributed by atoms with Gasteiger partial charge in [-0.1, -0.05) is 6.92 Å². The van der Waals surface area contributed by atoms with Gasteiger partial charge in [0, 0.05) is 0 Å². The Hall–Kier alpha value is -1.43. The molecule has 0 spiro atoms. The summed E-state index contributed by atoms with van der Waals surface area (Å²) in [6, 6.07) is -0.136. The van der Waals surface area contributed by atoms with E-state index in [2.05, 4.69) is 25.8 Å². The van der Waals surface area contributed by atoms with Crippen LogP contribution in [0.25, 0.3) is 0 Å². The molecule has 0 saturated heterocycles. The summed E-state index contributed by atoms with van der Waals surface area (Å²) in [6.07, 6.45) is 1.42. The fourth-order valence-corrected chi connectivity index (χ4v) is 1.02. The molecule has 0 aliphatic rings. The summed E-state index contributed by atoms with van der Waals surface area (Å²) in [6.45, 7) is 4.91. The first-order chi connectivity index (χ1) is 6.74. The maximum absolute atomic E-state index is 11.3. The van der Waals surface area contributed by atoms with Crippen LogP contribution in [0.3, 0.4) is 0 Å². The number of aromatic amines is 1. The summed E-state index contributed by atoms with van der Waals surface area (Å²) in [7, 11) is 0. The van der Waals surface area contributed by atoms with Crippen molar-refractivity contribution in [2.45, 2.75) is 19.9 Å². The molecular weight excluding hydrogens is 182 g/mol. The van der Waals surface area contributed by atoms with Crippen molar-refractivity contribution in [1.29, 1.82) is 0 Å². The molecule has 3 N–H and O–H groups in total. The molecule has 1 amide bonds. The van der Waals surface area contributed by atoms with Gasteiger partial charge in [-0.15, -0.1) is 0 Å². The van der Waals surface area contributed by atoms with E-state index in [1.165, 1.54) is 6.33 Å². The minimum atomic E-state index is -0.136. The van der Waals surface area contributed by atoms with Crippen LogP contribution in [-0.4, -0.2) is 34.2 Å². The molecule has 0 aliphatic heterocycles. The Morgan fingerprint density at radius 3 is 3.07 bits per heavy atom. The topological polar surface area (TPSA) is 82.7 Å². The summed E-state index contributed by atoms with van der Waals surface area (Å²) in [5, 5.41) is 12.1. The van der Waals surface area contributed by atoms with Crippen molar-refractivity contribution in [3.8, 4) is 0 Å². The van der Waals surface area contributed by atoms with Crippen LogP contribution >= 0.6 is 0 Å². The molecule has 6 heteroatoms. The molecule has 0 saturated carbocycles. The van der Waals surface area contributed by atoms with Crippen molar-refractivity contribution in [1.82, 2.24) is 25.8 Å². The molecule has 1 atom stereocenters. The van der Waals surface area contributed by atoms with E-state index in [0.717, 1.165) is 6.54 Å². The van der Waals surface area contributed by atoms with Crippen molar-refractivity contribution in [3.05, 3.63) is 12.2 Å². The highest BCUT2D eigenvalue weighted by Crippen LogP contribution is 2.02. The zero-order valence-corrected chi connectivity index (χ0v) is 8.37. The van der Waals surface area contributed by atoms with E-state index in [9.17, 15) is 4.79 Å². The van der Waals surface area contributed by atoms with Gasteiger partial charge in [-0.3, -0.25) is 9.89 Å². The van der Waals surface area contributed by atoms with Gasteiger partial charge < -0.3 is 10.6 Å². The Balaban J connectivity index is 2.33. The largest absolute Gasteiger partial charge is 0.345 e. The molecule has 0 bridgehead atoms. The third-order valence-corrected chi connectivity index (χ3v) is 1.76. The number of nitrogens with zero attached hydrogens (tertiary/aromatic N) is 2. The number of aromatic nitrogens is 3. The van der Waals surface area contributed by atoms with Crippen LogP contribution in [0.2, 0.25) is 0 Å². The fourth-order valence-electron chi connectivity index (χ4n) is 1.02. The highest BCUT2D eigenvalue weighted by Gasteiger charge is 2.10. The van der Waals surface area contributed by atoms with Gasteiger partial charge in [0.05, 0.1) is 12.6 Å². The first-order valence-electron chi connectivity index (χ1n) is 4.59. The maximum atomic E-state index is 11.3. The average molecular weight is 197 g/mol. The minimum Gasteiger partial charge on any atom is -0.345 e. The van der Waals surface area contributed by atoms with Crippen molar-refractivity contribution >= 4 is 5.91 Å². The van der Waals surface area contributed by atoms with E-state index < -0.39 is 0 Å². The number of H-pyrrole nitrogens is 1. The lowest BCUT2D eigenvalue weighted by Crippen LogP contribution is -2.35. The SMILES string of the molecule is CCNCC(=O)NC(C)c1ncn[nH]1. The molecule has 0 radical (unpaired) electrons. The van der Waals surface area contributed by atoms with Gasteiger partial charge in [-0.05, 0) is 13.5 Å². The second-order valence-corrected chi connectivity index (χ2v) is 2.94. The summed E-state index contributed by atoms with van der Waals surface area (Å²) < 4.78 is 0. The number of hydrogen-bond donors (Lipinski definition) is 3. The second-order valence-electron chi connectivity index (χ2n) is 2.94. The number of likely N-dealkylation sites (N-methyl/N-ethyl adjacent to an activating group) is 1.